The van der Waals surface area contributed by atoms with Gasteiger partial charge >= 0.3 is 13.8 Å². The molecular formula is C32H54NO8P. The number of aliphatic hydroxyl groups is 1. The number of hydrogen-bond acceptors (Lipinski definition) is 7. The van der Waals surface area contributed by atoms with Gasteiger partial charge in [0.25, 0.3) is 0 Å². The zero-order valence-corrected chi connectivity index (χ0v) is 26.6. The summed E-state index contributed by atoms with van der Waals surface area (Å²) in [5.74, 6) is -0.603. The van der Waals surface area contributed by atoms with E-state index in [1.165, 1.54) is 0 Å². The third kappa shape index (κ3) is 29.2. The van der Waals surface area contributed by atoms with Gasteiger partial charge < -0.3 is 20.1 Å². The third-order valence-electron chi connectivity index (χ3n) is 5.71. The highest BCUT2D eigenvalue weighted by Gasteiger charge is 2.23. The number of esters is 1. The number of phosphoric ester groups is 1. The molecular weight excluding hydrogens is 557 g/mol. The summed E-state index contributed by atoms with van der Waals surface area (Å²) in [5, 5.41) is 12.5. The van der Waals surface area contributed by atoms with E-state index < -0.39 is 26.5 Å². The molecule has 1 amide bonds. The van der Waals surface area contributed by atoms with Gasteiger partial charge in [-0.25, -0.2) is 4.57 Å². The van der Waals surface area contributed by atoms with Gasteiger partial charge in [-0.05, 0) is 51.4 Å². The number of unbranched alkanes of at least 4 members (excludes halogenated alkanes) is 4. The highest BCUT2D eigenvalue weighted by Crippen LogP contribution is 2.42. The molecule has 10 heteroatoms. The minimum absolute atomic E-state index is 0.0698. The summed E-state index contributed by atoms with van der Waals surface area (Å²) in [4.78, 5) is 33.2. The van der Waals surface area contributed by atoms with Crippen molar-refractivity contribution in [3.05, 3.63) is 60.8 Å². The van der Waals surface area contributed by atoms with Crippen molar-refractivity contribution in [3.8, 4) is 0 Å². The Labute approximate surface area is 253 Å². The molecule has 0 fully saturated rings. The smallest absolute Gasteiger partial charge is 0.463 e. The molecule has 2 atom stereocenters. The number of aliphatic hydroxyl groups excluding tert-OH is 1. The molecule has 0 aliphatic heterocycles. The summed E-state index contributed by atoms with van der Waals surface area (Å²) in [7, 11) is -4.40. The predicted molar refractivity (Wildman–Crippen MR) is 169 cm³/mol. The molecule has 0 rings (SSSR count). The Bertz CT molecular complexity index is 882. The van der Waals surface area contributed by atoms with Gasteiger partial charge in [0, 0.05) is 19.4 Å². The van der Waals surface area contributed by atoms with Crippen LogP contribution in [0.2, 0.25) is 0 Å². The largest absolute Gasteiger partial charge is 0.472 e. The monoisotopic (exact) mass is 611 g/mol. The topological polar surface area (TPSA) is 131 Å². The van der Waals surface area contributed by atoms with Gasteiger partial charge in [0.2, 0.25) is 5.91 Å². The first kappa shape index (κ1) is 39.7. The molecule has 9 nitrogen and oxygen atoms in total. The number of phosphoric acid groups is 1. The van der Waals surface area contributed by atoms with Crippen LogP contribution >= 0.6 is 7.82 Å². The van der Waals surface area contributed by atoms with Crippen molar-refractivity contribution in [2.24, 2.45) is 0 Å². The zero-order chi connectivity index (χ0) is 31.2. The minimum Gasteiger partial charge on any atom is -0.463 e. The zero-order valence-electron chi connectivity index (χ0n) is 25.7. The normalized spacial score (nSPS) is 14.5. The number of allylic oxidation sites excluding steroid dienone is 10. The van der Waals surface area contributed by atoms with E-state index >= 15 is 0 Å². The molecule has 240 valence electrons. The second kappa shape index (κ2) is 28.8. The predicted octanol–water partition coefficient (Wildman–Crippen LogP) is 7.03. The lowest BCUT2D eigenvalue weighted by Gasteiger charge is -2.15. The summed E-state index contributed by atoms with van der Waals surface area (Å²) in [6.07, 6.45) is 30.7. The molecule has 0 aromatic rings. The van der Waals surface area contributed by atoms with E-state index in [0.29, 0.717) is 12.8 Å². The van der Waals surface area contributed by atoms with E-state index in [0.717, 1.165) is 64.2 Å². The van der Waals surface area contributed by atoms with Crippen LogP contribution in [0.25, 0.3) is 0 Å². The lowest BCUT2D eigenvalue weighted by atomic mass is 10.1. The second-order valence-corrected chi connectivity index (χ2v) is 11.1. The Morgan fingerprint density at radius 2 is 1.36 bits per heavy atom. The van der Waals surface area contributed by atoms with E-state index in [-0.39, 0.29) is 32.1 Å². The van der Waals surface area contributed by atoms with E-state index in [1.807, 2.05) is 6.08 Å². The third-order valence-corrected chi connectivity index (χ3v) is 6.70. The summed E-state index contributed by atoms with van der Waals surface area (Å²) in [5.41, 5.74) is 0. The van der Waals surface area contributed by atoms with Crippen molar-refractivity contribution in [1.82, 2.24) is 5.32 Å². The Hall–Kier alpha value is -2.29. The van der Waals surface area contributed by atoms with Crippen LogP contribution in [-0.4, -0.2) is 54.3 Å². The quantitative estimate of drug-likeness (QED) is 0.0390. The standard InChI is InChI=1S/C32H54NO8P/c1-3-5-7-9-10-11-12-13-14-15-16-17-18-19-20-21-23-25-32(36)39-28-30(34)29-41-42(37,38)40-27-26-33-31(35)24-22-8-6-4-2/h5,7,10-11,13-14,16-17,19-20,30,34H,3-4,6,8-9,12,15,18,21-29H2,1-2H3,(H,33,35)(H,37,38)/b7-5-,11-10-,14-13-,17-16-,20-19-. The molecule has 3 N–H and O–H groups in total. The van der Waals surface area contributed by atoms with Crippen molar-refractivity contribution in [2.75, 3.05) is 26.4 Å². The highest BCUT2D eigenvalue weighted by atomic mass is 31.2. The van der Waals surface area contributed by atoms with Crippen molar-refractivity contribution >= 4 is 19.7 Å². The van der Waals surface area contributed by atoms with Gasteiger partial charge in [0.15, 0.2) is 0 Å². The Kier molecular flexibility index (Phi) is 27.2. The molecule has 0 bridgehead atoms. The number of ether oxygens (including phenoxy) is 1. The van der Waals surface area contributed by atoms with E-state index in [1.54, 1.807) is 0 Å². The number of amides is 1. The molecule has 0 aromatic heterocycles. The lowest BCUT2D eigenvalue weighted by Crippen LogP contribution is -2.27. The van der Waals surface area contributed by atoms with Gasteiger partial charge in [0.05, 0.1) is 13.2 Å². The fraction of sp³-hybridized carbons (Fsp3) is 0.625. The average molecular weight is 612 g/mol. The van der Waals surface area contributed by atoms with Crippen molar-refractivity contribution in [3.63, 3.8) is 0 Å². The molecule has 0 heterocycles. The molecule has 0 saturated carbocycles. The first-order valence-electron chi connectivity index (χ1n) is 15.3. The molecule has 0 aliphatic rings. The van der Waals surface area contributed by atoms with Crippen LogP contribution in [0.4, 0.5) is 0 Å². The summed E-state index contributed by atoms with van der Waals surface area (Å²) in [6.45, 7) is 3.19. The first-order chi connectivity index (χ1) is 20.3. The fourth-order valence-corrected chi connectivity index (χ4v) is 4.17. The molecule has 0 spiro atoms. The highest BCUT2D eigenvalue weighted by molar-refractivity contribution is 7.47. The molecule has 0 aromatic carbocycles. The minimum atomic E-state index is -4.40. The van der Waals surface area contributed by atoms with Crippen molar-refractivity contribution in [2.45, 2.75) is 103 Å². The fourth-order valence-electron chi connectivity index (χ4n) is 3.41. The van der Waals surface area contributed by atoms with Crippen molar-refractivity contribution in [1.29, 1.82) is 0 Å². The van der Waals surface area contributed by atoms with E-state index in [2.05, 4.69) is 73.8 Å². The summed E-state index contributed by atoms with van der Waals surface area (Å²) >= 11 is 0. The van der Waals surface area contributed by atoms with Gasteiger partial charge in [-0.2, -0.15) is 0 Å². The van der Waals surface area contributed by atoms with Gasteiger partial charge in [0.1, 0.15) is 12.7 Å². The molecule has 0 radical (unpaired) electrons. The maximum absolute atomic E-state index is 11.9. The Morgan fingerprint density at radius 3 is 1.95 bits per heavy atom. The SMILES string of the molecule is CC/C=C\C/C=C\C/C=C\C/C=C\C/C=C\CCCC(=O)OCC(O)COP(=O)(O)OCCNC(=O)CCCCCC. The van der Waals surface area contributed by atoms with Gasteiger partial charge in [-0.3, -0.25) is 18.6 Å². The summed E-state index contributed by atoms with van der Waals surface area (Å²) in [6, 6.07) is 0. The van der Waals surface area contributed by atoms with E-state index in [9.17, 15) is 24.2 Å². The van der Waals surface area contributed by atoms with Crippen molar-refractivity contribution < 1.29 is 37.9 Å². The number of carbonyl (C=O) groups excluding carboxylic acids is 2. The maximum Gasteiger partial charge on any atom is 0.472 e. The lowest BCUT2D eigenvalue weighted by molar-refractivity contribution is -0.147. The van der Waals surface area contributed by atoms with Crippen LogP contribution in [0.5, 0.6) is 0 Å². The van der Waals surface area contributed by atoms with Crippen LogP contribution in [-0.2, 0) is 27.9 Å². The van der Waals surface area contributed by atoms with Gasteiger partial charge in [-0.1, -0.05) is 93.9 Å². The van der Waals surface area contributed by atoms with Crippen LogP contribution in [0.1, 0.15) is 97.3 Å². The second-order valence-electron chi connectivity index (χ2n) is 9.70. The average Bonchev–Trinajstić information content (AvgIpc) is 2.97. The maximum atomic E-state index is 11.9. The van der Waals surface area contributed by atoms with Gasteiger partial charge in [-0.15, -0.1) is 0 Å². The molecule has 0 saturated heterocycles. The van der Waals surface area contributed by atoms with Crippen LogP contribution in [0, 0.1) is 0 Å². The number of nitrogens with one attached hydrogen (secondary N) is 1. The Balaban J connectivity index is 3.79. The molecule has 42 heavy (non-hydrogen) atoms. The first-order valence-corrected chi connectivity index (χ1v) is 16.8. The van der Waals surface area contributed by atoms with Crippen LogP contribution in [0.15, 0.2) is 60.8 Å². The van der Waals surface area contributed by atoms with Crippen LogP contribution in [0.3, 0.4) is 0 Å². The van der Waals surface area contributed by atoms with Crippen LogP contribution < -0.4 is 5.32 Å². The number of rotatable bonds is 27. The summed E-state index contributed by atoms with van der Waals surface area (Å²) < 4.78 is 26.4. The molecule has 0 aliphatic carbocycles. The molecule has 2 unspecified atom stereocenters. The van der Waals surface area contributed by atoms with E-state index in [4.69, 9.17) is 13.8 Å². The number of carbonyl (C=O) groups is 2. The number of hydrogen-bond donors (Lipinski definition) is 3. The Morgan fingerprint density at radius 1 is 0.762 bits per heavy atom.